The maximum absolute atomic E-state index is 12.9. The number of carbonyl (C=O) groups is 1. The van der Waals surface area contributed by atoms with Gasteiger partial charge in [-0.3, -0.25) is 4.79 Å². The fourth-order valence-electron chi connectivity index (χ4n) is 1.51. The summed E-state index contributed by atoms with van der Waals surface area (Å²) in [6, 6.07) is 3.63. The zero-order valence-corrected chi connectivity index (χ0v) is 10.1. The van der Waals surface area contributed by atoms with Gasteiger partial charge in [-0.25, -0.2) is 8.78 Å². The summed E-state index contributed by atoms with van der Waals surface area (Å²) in [5, 5.41) is 11.2. The molecule has 0 radical (unpaired) electrons. The first-order valence-corrected chi connectivity index (χ1v) is 5.95. The molecule has 18 heavy (non-hydrogen) atoms. The molecule has 3 nitrogen and oxygen atoms in total. The third kappa shape index (κ3) is 5.23. The molecule has 1 aromatic carbocycles. The van der Waals surface area contributed by atoms with Gasteiger partial charge in [0.05, 0.1) is 0 Å². The summed E-state index contributed by atoms with van der Waals surface area (Å²) in [6.07, 6.45) is 2.00. The minimum absolute atomic E-state index is 0.116. The van der Waals surface area contributed by atoms with Crippen molar-refractivity contribution in [3.63, 3.8) is 0 Å². The Labute approximate surface area is 105 Å². The Morgan fingerprint density at radius 1 is 1.22 bits per heavy atom. The highest BCUT2D eigenvalue weighted by Crippen LogP contribution is 2.10. The molecule has 0 aliphatic heterocycles. The van der Waals surface area contributed by atoms with Crippen LogP contribution in [0.2, 0.25) is 0 Å². The summed E-state index contributed by atoms with van der Waals surface area (Å²) in [7, 11) is 0. The van der Waals surface area contributed by atoms with Crippen molar-refractivity contribution in [3.05, 3.63) is 35.4 Å². The molecule has 0 aliphatic rings. The molecular weight excluding hydrogens is 240 g/mol. The average molecular weight is 257 g/mol. The minimum atomic E-state index is -0.893. The first-order chi connectivity index (χ1) is 8.63. The van der Waals surface area contributed by atoms with E-state index in [2.05, 4.69) is 5.32 Å². The maximum atomic E-state index is 12.9. The highest BCUT2D eigenvalue weighted by atomic mass is 19.2. The van der Waals surface area contributed by atoms with E-state index in [1.807, 2.05) is 0 Å². The fourth-order valence-corrected chi connectivity index (χ4v) is 1.51. The number of benzene rings is 1. The predicted octanol–water partition coefficient (Wildman–Crippen LogP) is 1.79. The number of aryl methyl sites for hydroxylation is 1. The van der Waals surface area contributed by atoms with Crippen molar-refractivity contribution in [2.45, 2.75) is 25.7 Å². The van der Waals surface area contributed by atoms with E-state index < -0.39 is 11.6 Å². The number of hydrogen-bond donors (Lipinski definition) is 2. The number of carbonyl (C=O) groups excluding carboxylic acids is 1. The van der Waals surface area contributed by atoms with E-state index in [1.54, 1.807) is 0 Å². The number of aliphatic hydroxyl groups is 1. The molecule has 0 aliphatic carbocycles. The minimum Gasteiger partial charge on any atom is -0.396 e. The number of unbranched alkanes of at least 4 members (excludes halogenated alkanes) is 1. The smallest absolute Gasteiger partial charge is 0.220 e. The molecule has 100 valence electrons. The third-order valence-corrected chi connectivity index (χ3v) is 2.53. The molecule has 0 spiro atoms. The van der Waals surface area contributed by atoms with Crippen molar-refractivity contribution in [3.8, 4) is 0 Å². The quantitative estimate of drug-likeness (QED) is 0.732. The first-order valence-electron chi connectivity index (χ1n) is 5.95. The summed E-state index contributed by atoms with van der Waals surface area (Å²) in [5.74, 6) is -1.90. The Kier molecular flexibility index (Phi) is 6.28. The summed E-state index contributed by atoms with van der Waals surface area (Å²) >= 11 is 0. The molecule has 0 heterocycles. The number of amides is 1. The maximum Gasteiger partial charge on any atom is 0.220 e. The van der Waals surface area contributed by atoms with Crippen LogP contribution in [0, 0.1) is 11.6 Å². The largest absolute Gasteiger partial charge is 0.396 e. The highest BCUT2D eigenvalue weighted by molar-refractivity contribution is 5.76. The van der Waals surface area contributed by atoms with E-state index in [1.165, 1.54) is 6.07 Å². The van der Waals surface area contributed by atoms with E-state index in [9.17, 15) is 13.6 Å². The van der Waals surface area contributed by atoms with Crippen molar-refractivity contribution in [1.29, 1.82) is 0 Å². The fraction of sp³-hybridized carbons (Fsp3) is 0.462. The zero-order valence-electron chi connectivity index (χ0n) is 10.1. The lowest BCUT2D eigenvalue weighted by molar-refractivity contribution is -0.121. The van der Waals surface area contributed by atoms with E-state index in [0.717, 1.165) is 18.6 Å². The van der Waals surface area contributed by atoms with Gasteiger partial charge in [0.25, 0.3) is 0 Å². The lowest BCUT2D eigenvalue weighted by atomic mass is 10.1. The van der Waals surface area contributed by atoms with Gasteiger partial charge in [-0.2, -0.15) is 0 Å². The van der Waals surface area contributed by atoms with Gasteiger partial charge in [0.15, 0.2) is 11.6 Å². The van der Waals surface area contributed by atoms with Crippen LogP contribution in [0.15, 0.2) is 18.2 Å². The van der Waals surface area contributed by atoms with Crippen molar-refractivity contribution in [2.24, 2.45) is 0 Å². The van der Waals surface area contributed by atoms with Crippen LogP contribution in [-0.2, 0) is 11.2 Å². The van der Waals surface area contributed by atoms with Gasteiger partial charge in [-0.15, -0.1) is 0 Å². The molecular formula is C13H17F2NO2. The molecule has 0 saturated heterocycles. The third-order valence-electron chi connectivity index (χ3n) is 2.53. The van der Waals surface area contributed by atoms with Gasteiger partial charge >= 0.3 is 0 Å². The number of rotatable bonds is 7. The average Bonchev–Trinajstić information content (AvgIpc) is 2.36. The van der Waals surface area contributed by atoms with Crippen molar-refractivity contribution in [1.82, 2.24) is 5.32 Å². The van der Waals surface area contributed by atoms with Crippen LogP contribution < -0.4 is 5.32 Å². The topological polar surface area (TPSA) is 49.3 Å². The Morgan fingerprint density at radius 3 is 2.67 bits per heavy atom. The van der Waals surface area contributed by atoms with Crippen molar-refractivity contribution in [2.75, 3.05) is 13.2 Å². The lowest BCUT2D eigenvalue weighted by Crippen LogP contribution is -2.24. The second-order valence-electron chi connectivity index (χ2n) is 4.03. The highest BCUT2D eigenvalue weighted by Gasteiger charge is 2.05. The van der Waals surface area contributed by atoms with Crippen LogP contribution in [-0.4, -0.2) is 24.2 Å². The van der Waals surface area contributed by atoms with Gasteiger partial charge in [0.2, 0.25) is 5.91 Å². The monoisotopic (exact) mass is 257 g/mol. The molecule has 0 unspecified atom stereocenters. The van der Waals surface area contributed by atoms with E-state index in [-0.39, 0.29) is 18.9 Å². The van der Waals surface area contributed by atoms with Gasteiger partial charge in [0.1, 0.15) is 0 Å². The molecule has 1 amide bonds. The van der Waals surface area contributed by atoms with E-state index >= 15 is 0 Å². The predicted molar refractivity (Wildman–Crippen MR) is 64.0 cm³/mol. The number of hydrogen-bond acceptors (Lipinski definition) is 2. The van der Waals surface area contributed by atoms with Gasteiger partial charge in [-0.05, 0) is 37.0 Å². The second kappa shape index (κ2) is 7.76. The molecule has 0 saturated carbocycles. The molecule has 2 N–H and O–H groups in total. The number of halogens is 2. The van der Waals surface area contributed by atoms with Crippen LogP contribution >= 0.6 is 0 Å². The van der Waals surface area contributed by atoms with Gasteiger partial charge < -0.3 is 10.4 Å². The Balaban J connectivity index is 2.27. The van der Waals surface area contributed by atoms with Crippen LogP contribution in [0.3, 0.4) is 0 Å². The van der Waals surface area contributed by atoms with Crippen LogP contribution in [0.1, 0.15) is 24.8 Å². The second-order valence-corrected chi connectivity index (χ2v) is 4.03. The Morgan fingerprint density at radius 2 is 2.00 bits per heavy atom. The zero-order chi connectivity index (χ0) is 13.4. The van der Waals surface area contributed by atoms with Crippen LogP contribution in [0.5, 0.6) is 0 Å². The van der Waals surface area contributed by atoms with Crippen LogP contribution in [0.4, 0.5) is 8.78 Å². The molecule has 1 aromatic rings. The van der Waals surface area contributed by atoms with Gasteiger partial charge in [0, 0.05) is 19.6 Å². The normalized spacial score (nSPS) is 10.4. The molecule has 1 rings (SSSR count). The summed E-state index contributed by atoms with van der Waals surface area (Å²) < 4.78 is 25.6. The molecule has 5 heteroatoms. The summed E-state index contributed by atoms with van der Waals surface area (Å²) in [4.78, 5) is 11.4. The molecule has 0 fully saturated rings. The molecule has 0 atom stereocenters. The summed E-state index contributed by atoms with van der Waals surface area (Å²) in [5.41, 5.74) is 0.597. The lowest BCUT2D eigenvalue weighted by Gasteiger charge is -2.05. The SMILES string of the molecule is O=C(CCc1ccc(F)c(F)c1)NCCCCO. The number of aliphatic hydroxyl groups excluding tert-OH is 1. The van der Waals surface area contributed by atoms with Crippen LogP contribution in [0.25, 0.3) is 0 Å². The first kappa shape index (κ1) is 14.6. The van der Waals surface area contributed by atoms with Crippen molar-refractivity contribution >= 4 is 5.91 Å². The van der Waals surface area contributed by atoms with E-state index in [4.69, 9.17) is 5.11 Å². The standard InChI is InChI=1S/C13H17F2NO2/c14-11-5-3-10(9-12(11)15)4-6-13(18)16-7-1-2-8-17/h3,5,9,17H,1-2,4,6-8H2,(H,16,18). The Bertz CT molecular complexity index is 397. The van der Waals surface area contributed by atoms with Crippen molar-refractivity contribution < 1.29 is 18.7 Å². The molecule has 0 aromatic heterocycles. The van der Waals surface area contributed by atoms with E-state index in [0.29, 0.717) is 24.9 Å². The summed E-state index contributed by atoms with van der Waals surface area (Å²) in [6.45, 7) is 0.641. The Hall–Kier alpha value is -1.49. The van der Waals surface area contributed by atoms with Gasteiger partial charge in [-0.1, -0.05) is 6.07 Å². The number of nitrogens with one attached hydrogen (secondary N) is 1. The molecule has 0 bridgehead atoms.